The predicted octanol–water partition coefficient (Wildman–Crippen LogP) is 2.50. The molecule has 2 aliphatic rings. The van der Waals surface area contributed by atoms with E-state index in [1.165, 1.54) is 15.4 Å². The minimum Gasteiger partial charge on any atom is -0.353 e. The molecule has 31 heavy (non-hydrogen) atoms. The number of benzene rings is 1. The lowest BCUT2D eigenvalue weighted by Crippen LogP contribution is -2.49. The molecule has 8 heteroatoms. The number of aromatic nitrogens is 1. The molecule has 0 aliphatic carbocycles. The smallest absolute Gasteiger partial charge is 0.253 e. The van der Waals surface area contributed by atoms with E-state index in [1.807, 2.05) is 36.1 Å². The highest BCUT2D eigenvalue weighted by atomic mass is 32.2. The van der Waals surface area contributed by atoms with Crippen molar-refractivity contribution in [2.75, 3.05) is 43.4 Å². The number of rotatable bonds is 4. The molecule has 0 unspecified atom stereocenters. The van der Waals surface area contributed by atoms with Crippen LogP contribution in [0.25, 0.3) is 0 Å². The number of amides is 1. The normalized spacial score (nSPS) is 19.1. The van der Waals surface area contributed by atoms with Crippen LogP contribution < -0.4 is 4.90 Å². The van der Waals surface area contributed by atoms with Gasteiger partial charge in [0.15, 0.2) is 0 Å². The highest BCUT2D eigenvalue weighted by Crippen LogP contribution is 2.22. The van der Waals surface area contributed by atoms with Gasteiger partial charge < -0.3 is 9.80 Å². The van der Waals surface area contributed by atoms with Crippen LogP contribution in [0.1, 0.15) is 39.2 Å². The predicted molar refractivity (Wildman–Crippen MR) is 122 cm³/mol. The molecule has 2 aromatic rings. The van der Waals surface area contributed by atoms with Gasteiger partial charge in [-0.1, -0.05) is 18.2 Å². The Kier molecular flexibility index (Phi) is 6.03. The Bertz CT molecular complexity index is 1070. The molecule has 0 spiro atoms. The van der Waals surface area contributed by atoms with Gasteiger partial charge in [-0.3, -0.25) is 4.79 Å². The second-order valence-corrected chi connectivity index (χ2v) is 10.6. The third-order valence-electron chi connectivity index (χ3n) is 6.26. The van der Waals surface area contributed by atoms with Crippen molar-refractivity contribution in [1.82, 2.24) is 14.2 Å². The molecule has 1 aromatic heterocycles. The summed E-state index contributed by atoms with van der Waals surface area (Å²) in [6.07, 6.45) is 0.683. The van der Waals surface area contributed by atoms with Crippen LogP contribution in [0.2, 0.25) is 0 Å². The molecule has 1 amide bonds. The molecule has 0 radical (unpaired) electrons. The number of carbonyl (C=O) groups excluding carboxylic acids is 1. The van der Waals surface area contributed by atoms with Crippen LogP contribution in [-0.4, -0.2) is 67.0 Å². The maximum absolute atomic E-state index is 13.0. The van der Waals surface area contributed by atoms with Crippen molar-refractivity contribution in [1.29, 1.82) is 0 Å². The van der Waals surface area contributed by atoms with Crippen LogP contribution in [0.5, 0.6) is 0 Å². The molecule has 4 rings (SSSR count). The molecule has 3 heterocycles. The van der Waals surface area contributed by atoms with E-state index in [1.54, 1.807) is 0 Å². The summed E-state index contributed by atoms with van der Waals surface area (Å²) in [5.41, 5.74) is 4.95. The minimum absolute atomic E-state index is 0.0183. The van der Waals surface area contributed by atoms with Gasteiger partial charge in [-0.15, -0.1) is 0 Å². The summed E-state index contributed by atoms with van der Waals surface area (Å²) >= 11 is 0. The summed E-state index contributed by atoms with van der Waals surface area (Å²) in [4.78, 5) is 21.9. The lowest BCUT2D eigenvalue weighted by Gasteiger charge is -2.36. The third-order valence-corrected chi connectivity index (χ3v) is 8.16. The maximum atomic E-state index is 13.0. The molecule has 2 saturated heterocycles. The Morgan fingerprint density at radius 2 is 1.65 bits per heavy atom. The van der Waals surface area contributed by atoms with Gasteiger partial charge in [0, 0.05) is 50.5 Å². The molecular formula is C23H30N4O3S. The van der Waals surface area contributed by atoms with E-state index >= 15 is 0 Å². The average Bonchev–Trinajstić information content (AvgIpc) is 3.08. The van der Waals surface area contributed by atoms with Gasteiger partial charge in [-0.05, 0) is 56.0 Å². The molecule has 166 valence electrons. The van der Waals surface area contributed by atoms with E-state index in [-0.39, 0.29) is 11.7 Å². The number of pyridine rings is 1. The summed E-state index contributed by atoms with van der Waals surface area (Å²) in [6.45, 7) is 9.95. The van der Waals surface area contributed by atoms with E-state index in [0.717, 1.165) is 30.2 Å². The molecule has 2 fully saturated rings. The SMILES string of the molecule is Cc1cc(C)c(N2CCN(C(=O)c3ccc(CN4CCCS4(=O)=O)cc3)CC2)nc1C. The third kappa shape index (κ3) is 4.60. The Hall–Kier alpha value is -2.45. The average molecular weight is 443 g/mol. The van der Waals surface area contributed by atoms with E-state index in [9.17, 15) is 13.2 Å². The molecule has 7 nitrogen and oxygen atoms in total. The summed E-state index contributed by atoms with van der Waals surface area (Å²) in [6, 6.07) is 9.51. The zero-order valence-electron chi connectivity index (χ0n) is 18.5. The van der Waals surface area contributed by atoms with Crippen LogP contribution in [0.15, 0.2) is 30.3 Å². The highest BCUT2D eigenvalue weighted by Gasteiger charge is 2.28. The fourth-order valence-corrected chi connectivity index (χ4v) is 5.78. The summed E-state index contributed by atoms with van der Waals surface area (Å²) in [7, 11) is -3.12. The number of aryl methyl sites for hydroxylation is 3. The first kappa shape index (κ1) is 21.8. The van der Waals surface area contributed by atoms with Crippen LogP contribution >= 0.6 is 0 Å². The summed E-state index contributed by atoms with van der Waals surface area (Å²) in [5, 5.41) is 0. The van der Waals surface area contributed by atoms with Crippen molar-refractivity contribution in [3.8, 4) is 0 Å². The van der Waals surface area contributed by atoms with Gasteiger partial charge >= 0.3 is 0 Å². The molecule has 1 aromatic carbocycles. The van der Waals surface area contributed by atoms with Gasteiger partial charge in [-0.2, -0.15) is 4.31 Å². The summed E-state index contributed by atoms with van der Waals surface area (Å²) in [5.74, 6) is 1.26. The lowest BCUT2D eigenvalue weighted by atomic mass is 10.1. The second kappa shape index (κ2) is 8.59. The number of nitrogens with zero attached hydrogens (tertiary/aromatic N) is 4. The van der Waals surface area contributed by atoms with Gasteiger partial charge in [0.25, 0.3) is 5.91 Å². The van der Waals surface area contributed by atoms with Crippen molar-refractivity contribution < 1.29 is 13.2 Å². The van der Waals surface area contributed by atoms with Crippen LogP contribution in [0.4, 0.5) is 5.82 Å². The topological polar surface area (TPSA) is 73.8 Å². The maximum Gasteiger partial charge on any atom is 0.253 e. The second-order valence-electron chi connectivity index (χ2n) is 8.51. The number of hydrogen-bond donors (Lipinski definition) is 0. The number of anilines is 1. The first-order valence-corrected chi connectivity index (χ1v) is 12.4. The monoisotopic (exact) mass is 442 g/mol. The fourth-order valence-electron chi connectivity index (χ4n) is 4.28. The summed E-state index contributed by atoms with van der Waals surface area (Å²) < 4.78 is 25.5. The lowest BCUT2D eigenvalue weighted by molar-refractivity contribution is 0.0746. The van der Waals surface area contributed by atoms with E-state index in [2.05, 4.69) is 24.8 Å². The number of hydrogen-bond acceptors (Lipinski definition) is 5. The van der Waals surface area contributed by atoms with Crippen molar-refractivity contribution in [2.45, 2.75) is 33.7 Å². The minimum atomic E-state index is -3.12. The molecule has 0 atom stereocenters. The van der Waals surface area contributed by atoms with Crippen LogP contribution in [0, 0.1) is 20.8 Å². The number of carbonyl (C=O) groups is 1. The quantitative estimate of drug-likeness (QED) is 0.727. The van der Waals surface area contributed by atoms with Crippen LogP contribution in [0.3, 0.4) is 0 Å². The molecule has 0 bridgehead atoms. The molecule has 2 aliphatic heterocycles. The zero-order chi connectivity index (χ0) is 22.2. The number of sulfonamides is 1. The Labute approximate surface area is 184 Å². The van der Waals surface area contributed by atoms with E-state index < -0.39 is 10.0 Å². The van der Waals surface area contributed by atoms with Gasteiger partial charge in [0.05, 0.1) is 5.75 Å². The fraction of sp³-hybridized carbons (Fsp3) is 0.478. The largest absolute Gasteiger partial charge is 0.353 e. The van der Waals surface area contributed by atoms with E-state index in [0.29, 0.717) is 38.2 Å². The van der Waals surface area contributed by atoms with Gasteiger partial charge in [-0.25, -0.2) is 13.4 Å². The van der Waals surface area contributed by atoms with Crippen molar-refractivity contribution >= 4 is 21.7 Å². The molecular weight excluding hydrogens is 412 g/mol. The first-order chi connectivity index (χ1) is 14.7. The molecule has 0 saturated carbocycles. The van der Waals surface area contributed by atoms with Gasteiger partial charge in [0.1, 0.15) is 5.82 Å². The highest BCUT2D eigenvalue weighted by molar-refractivity contribution is 7.89. The zero-order valence-corrected chi connectivity index (χ0v) is 19.3. The van der Waals surface area contributed by atoms with Crippen LogP contribution in [-0.2, 0) is 16.6 Å². The number of piperazine rings is 1. The Balaban J connectivity index is 1.37. The standard InChI is InChI=1S/C23H30N4O3S/c1-17-15-18(2)22(24-19(17)3)25-10-12-26(13-11-25)23(28)21-7-5-20(6-8-21)16-27-9-4-14-31(27,29)30/h5-8,15H,4,9-14,16H2,1-3H3. The molecule has 0 N–H and O–H groups in total. The van der Waals surface area contributed by atoms with Crippen molar-refractivity contribution in [2.24, 2.45) is 0 Å². The van der Waals surface area contributed by atoms with Crippen molar-refractivity contribution in [3.63, 3.8) is 0 Å². The van der Waals surface area contributed by atoms with E-state index in [4.69, 9.17) is 4.98 Å². The van der Waals surface area contributed by atoms with Crippen molar-refractivity contribution in [3.05, 3.63) is 58.3 Å². The van der Waals surface area contributed by atoms with Gasteiger partial charge in [0.2, 0.25) is 10.0 Å². The first-order valence-electron chi connectivity index (χ1n) is 10.8. The Morgan fingerprint density at radius 3 is 2.26 bits per heavy atom. The Morgan fingerprint density at radius 1 is 0.968 bits per heavy atom.